The van der Waals surface area contributed by atoms with E-state index in [1.54, 1.807) is 17.1 Å². The highest BCUT2D eigenvalue weighted by atomic mass is 35.5. The Morgan fingerprint density at radius 3 is 2.64 bits per heavy atom. The number of nitrogens with zero attached hydrogens (tertiary/aromatic N) is 4. The number of rotatable bonds is 3. The van der Waals surface area contributed by atoms with E-state index in [4.69, 9.17) is 11.6 Å². The largest absolute Gasteiger partial charge is 0.323 e. The first kappa shape index (κ1) is 24.5. The summed E-state index contributed by atoms with van der Waals surface area (Å²) >= 11 is 6.08. The predicted molar refractivity (Wildman–Crippen MR) is 135 cm³/mol. The van der Waals surface area contributed by atoms with Gasteiger partial charge in [0, 0.05) is 41.8 Å². The minimum Gasteiger partial charge on any atom is -0.323 e. The number of likely N-dealkylation sites (N-methyl/N-ethyl adjacent to an activating group) is 1. The lowest BCUT2D eigenvalue weighted by Crippen LogP contribution is -2.72. The first-order chi connectivity index (χ1) is 17.2. The molecule has 2 N–H and O–H groups in total. The molecule has 9 unspecified atom stereocenters. The van der Waals surface area contributed by atoms with Crippen molar-refractivity contribution in [2.45, 2.75) is 69.5 Å². The van der Waals surface area contributed by atoms with E-state index in [1.165, 1.54) is 6.07 Å². The molecule has 10 heteroatoms. The third-order valence-corrected chi connectivity index (χ3v) is 9.98. The van der Waals surface area contributed by atoms with Crippen molar-refractivity contribution < 1.29 is 14.1 Å². The van der Waals surface area contributed by atoms with Gasteiger partial charge in [-0.1, -0.05) is 24.6 Å². The quantitative estimate of drug-likeness (QED) is 0.598. The number of amides is 1. The van der Waals surface area contributed by atoms with E-state index in [1.807, 2.05) is 25.8 Å². The summed E-state index contributed by atoms with van der Waals surface area (Å²) in [5.74, 6) is 0.551. The molecule has 5 fully saturated rings. The van der Waals surface area contributed by atoms with Gasteiger partial charge in [0.2, 0.25) is 12.5 Å². The van der Waals surface area contributed by atoms with Crippen molar-refractivity contribution in [2.75, 3.05) is 33.2 Å². The SMILES string of the molecule is CC1NC2C(c3ccc(Cl)cc3F)NC(C3CN(C4CN(C)[N+](=O)C4)C4CCC3C4)CN2C(=O)C1C. The Bertz CT molecular complexity index is 1060. The maximum Gasteiger partial charge on any atom is 0.242 e. The average molecular weight is 520 g/mol. The second-order valence-corrected chi connectivity index (χ2v) is 12.1. The van der Waals surface area contributed by atoms with E-state index < -0.39 is 0 Å². The number of fused-ring (bicyclic) bond motifs is 3. The molecule has 8 nitrogen and oxygen atoms in total. The Morgan fingerprint density at radius 2 is 1.92 bits per heavy atom. The Labute approximate surface area is 217 Å². The second-order valence-electron chi connectivity index (χ2n) is 11.7. The summed E-state index contributed by atoms with van der Waals surface area (Å²) in [7, 11) is 1.86. The van der Waals surface area contributed by atoms with Crippen LogP contribution in [0.1, 0.15) is 44.7 Å². The van der Waals surface area contributed by atoms with Crippen molar-refractivity contribution in [3.8, 4) is 0 Å². The summed E-state index contributed by atoms with van der Waals surface area (Å²) in [6.45, 7) is 6.77. The van der Waals surface area contributed by atoms with Crippen LogP contribution in [0.3, 0.4) is 0 Å². The Hall–Kier alpha value is -1.81. The van der Waals surface area contributed by atoms with Crippen LogP contribution in [0.4, 0.5) is 4.39 Å². The maximum atomic E-state index is 15.2. The Kier molecular flexibility index (Phi) is 6.26. The molecule has 36 heavy (non-hydrogen) atoms. The highest BCUT2D eigenvalue weighted by Gasteiger charge is 2.53. The number of hydrogen-bond donors (Lipinski definition) is 2. The van der Waals surface area contributed by atoms with E-state index >= 15 is 4.39 Å². The van der Waals surface area contributed by atoms with E-state index in [-0.39, 0.29) is 48.0 Å². The smallest absolute Gasteiger partial charge is 0.242 e. The zero-order valence-electron chi connectivity index (χ0n) is 21.2. The number of nitroso groups, excluding NO2 is 1. The number of benzene rings is 1. The molecule has 1 aliphatic carbocycles. The first-order valence-electron chi connectivity index (χ1n) is 13.4. The number of halogens is 2. The lowest BCUT2D eigenvalue weighted by Gasteiger charge is -2.54. The highest BCUT2D eigenvalue weighted by Crippen LogP contribution is 2.45. The zero-order valence-corrected chi connectivity index (χ0v) is 22.0. The van der Waals surface area contributed by atoms with E-state index in [2.05, 4.69) is 15.5 Å². The average Bonchev–Trinajstić information content (AvgIpc) is 3.40. The molecule has 6 rings (SSSR count). The highest BCUT2D eigenvalue weighted by molar-refractivity contribution is 6.30. The summed E-state index contributed by atoms with van der Waals surface area (Å²) < 4.78 is 15.2. The summed E-state index contributed by atoms with van der Waals surface area (Å²) in [6.07, 6.45) is 3.13. The van der Waals surface area contributed by atoms with Crippen molar-refractivity contribution in [1.29, 1.82) is 0 Å². The molecule has 0 radical (unpaired) electrons. The molecule has 196 valence electrons. The van der Waals surface area contributed by atoms with Gasteiger partial charge < -0.3 is 10.2 Å². The number of hydrogen-bond acceptors (Lipinski definition) is 5. The summed E-state index contributed by atoms with van der Waals surface area (Å²) in [4.78, 5) is 31.3. The number of hydrazine groups is 1. The number of carbonyl (C=O) groups is 1. The molecule has 1 aromatic rings. The minimum absolute atomic E-state index is 0.00474. The van der Waals surface area contributed by atoms with Gasteiger partial charge in [-0.05, 0) is 50.2 Å². The minimum atomic E-state index is -0.373. The number of nitrogens with one attached hydrogen (secondary N) is 2. The van der Waals surface area contributed by atoms with Gasteiger partial charge in [-0.25, -0.2) is 4.39 Å². The summed E-state index contributed by atoms with van der Waals surface area (Å²) in [6, 6.07) is 5.25. The molecule has 1 amide bonds. The van der Waals surface area contributed by atoms with Gasteiger partial charge in [0.1, 0.15) is 22.9 Å². The second kappa shape index (κ2) is 9.19. The van der Waals surface area contributed by atoms with Crippen LogP contribution in [-0.4, -0.2) is 89.1 Å². The Balaban J connectivity index is 1.31. The van der Waals surface area contributed by atoms with Crippen LogP contribution in [0, 0.1) is 28.5 Å². The normalized spacial score (nSPS) is 41.2. The van der Waals surface area contributed by atoms with E-state index in [0.29, 0.717) is 41.6 Å². The molecule has 1 aromatic carbocycles. The number of carbonyl (C=O) groups excluding carboxylic acids is 1. The molecule has 4 aliphatic heterocycles. The fraction of sp³-hybridized carbons (Fsp3) is 0.731. The van der Waals surface area contributed by atoms with Crippen molar-refractivity contribution in [1.82, 2.24) is 25.4 Å². The van der Waals surface area contributed by atoms with E-state index in [9.17, 15) is 9.70 Å². The monoisotopic (exact) mass is 519 g/mol. The van der Waals surface area contributed by atoms with Crippen LogP contribution in [0.2, 0.25) is 5.02 Å². The van der Waals surface area contributed by atoms with Crippen LogP contribution >= 0.6 is 11.6 Å². The summed E-state index contributed by atoms with van der Waals surface area (Å²) in [5, 5.41) is 9.55. The van der Waals surface area contributed by atoms with Crippen molar-refractivity contribution in [2.24, 2.45) is 17.8 Å². The first-order valence-corrected chi connectivity index (χ1v) is 13.8. The van der Waals surface area contributed by atoms with Crippen LogP contribution in [-0.2, 0) is 4.79 Å². The third kappa shape index (κ3) is 4.03. The Morgan fingerprint density at radius 1 is 1.11 bits per heavy atom. The van der Waals surface area contributed by atoms with Crippen LogP contribution < -0.4 is 10.6 Å². The van der Waals surface area contributed by atoms with Crippen molar-refractivity contribution in [3.05, 3.63) is 39.5 Å². The van der Waals surface area contributed by atoms with Gasteiger partial charge >= 0.3 is 0 Å². The molecule has 4 heterocycles. The fourth-order valence-electron chi connectivity index (χ4n) is 7.56. The van der Waals surface area contributed by atoms with Crippen molar-refractivity contribution >= 4 is 17.5 Å². The number of likely N-dealkylation sites (tertiary alicyclic amines) is 1. The zero-order chi connectivity index (χ0) is 25.3. The topological polar surface area (TPSA) is 70.9 Å². The number of piperazine rings is 1. The lowest BCUT2D eigenvalue weighted by atomic mass is 9.78. The van der Waals surface area contributed by atoms with Crippen LogP contribution in [0.5, 0.6) is 0 Å². The molecule has 0 spiro atoms. The van der Waals surface area contributed by atoms with Gasteiger partial charge in [-0.3, -0.25) is 15.0 Å². The van der Waals surface area contributed by atoms with Gasteiger partial charge in [0.25, 0.3) is 0 Å². The number of piperidine rings is 1. The standard InChI is InChI=1S/C26H37ClFN6O2/c1-14-15(2)29-25-24(20-7-5-17(27)9-22(20)28)30-23(13-33(25)26(14)35)21-12-32(18-6-4-16(21)8-18)19-10-31(3)34(36)11-19/h5,7,9,14-16,18-19,21,23-25,29-30H,4,6,8,10-13H2,1-3H3/q+1. The van der Waals surface area contributed by atoms with Crippen molar-refractivity contribution in [3.63, 3.8) is 0 Å². The maximum absolute atomic E-state index is 15.2. The summed E-state index contributed by atoms with van der Waals surface area (Å²) in [5.41, 5.74) is 0.539. The van der Waals surface area contributed by atoms with Gasteiger partial charge in [0.05, 0.1) is 30.5 Å². The molecule has 0 aromatic heterocycles. The van der Waals surface area contributed by atoms with Gasteiger partial charge in [0.15, 0.2) is 0 Å². The molecular weight excluding hydrogens is 483 g/mol. The lowest BCUT2D eigenvalue weighted by molar-refractivity contribution is -0.679. The molecule has 4 saturated heterocycles. The van der Waals surface area contributed by atoms with Crippen LogP contribution in [0.15, 0.2) is 18.2 Å². The molecular formula is C26H37ClFN6O2+. The van der Waals surface area contributed by atoms with Crippen LogP contribution in [0.25, 0.3) is 0 Å². The van der Waals surface area contributed by atoms with Gasteiger partial charge in [-0.15, -0.1) is 5.01 Å². The third-order valence-electron chi connectivity index (χ3n) is 9.74. The molecule has 5 aliphatic rings. The molecule has 1 saturated carbocycles. The van der Waals surface area contributed by atoms with Gasteiger partial charge in [-0.2, -0.15) is 0 Å². The fourth-order valence-corrected chi connectivity index (χ4v) is 7.72. The molecule has 2 bridgehead atoms. The van der Waals surface area contributed by atoms with E-state index in [0.717, 1.165) is 37.2 Å². The molecule has 9 atom stereocenters. The predicted octanol–water partition coefficient (Wildman–Crippen LogP) is 2.38.